The Kier molecular flexibility index (Phi) is 5.15. The fraction of sp³-hybridized carbons (Fsp3) is 0.0435. The number of hydrogen-bond donors (Lipinski definition) is 2. The molecule has 4 amide bonds. The summed E-state index contributed by atoms with van der Waals surface area (Å²) in [6.07, 6.45) is 1.13. The minimum absolute atomic E-state index is 0.110. The number of para-hydroxylation sites is 1. The van der Waals surface area contributed by atoms with Crippen LogP contribution in [0.3, 0.4) is 0 Å². The Morgan fingerprint density at radius 3 is 2.56 bits per heavy atom. The number of anilines is 1. The van der Waals surface area contributed by atoms with E-state index in [0.717, 1.165) is 12.1 Å². The van der Waals surface area contributed by atoms with Crippen LogP contribution in [0.4, 0.5) is 14.9 Å². The van der Waals surface area contributed by atoms with Gasteiger partial charge in [0.25, 0.3) is 11.8 Å². The molecule has 1 saturated heterocycles. The van der Waals surface area contributed by atoms with Crippen molar-refractivity contribution in [3.8, 4) is 11.3 Å². The van der Waals surface area contributed by atoms with E-state index in [0.29, 0.717) is 21.8 Å². The van der Waals surface area contributed by atoms with Gasteiger partial charge in [-0.25, -0.2) is 18.9 Å². The number of benzene rings is 2. The van der Waals surface area contributed by atoms with Crippen molar-refractivity contribution in [1.29, 1.82) is 0 Å². The molecule has 1 aliphatic heterocycles. The number of aromatic carboxylic acids is 1. The maximum atomic E-state index is 14.1. The SMILES string of the molecule is Cc1ccc(-c2ccc(/C=C3\C(=O)NC(=O)N(c4ccccc4F)C3=O)o2)cc1C(=O)O. The van der Waals surface area contributed by atoms with Crippen LogP contribution in [0.5, 0.6) is 0 Å². The van der Waals surface area contributed by atoms with Crippen LogP contribution in [0.25, 0.3) is 17.4 Å². The van der Waals surface area contributed by atoms with Crippen LogP contribution in [0, 0.1) is 12.7 Å². The molecule has 2 N–H and O–H groups in total. The number of carbonyl (C=O) groups excluding carboxylic acids is 3. The molecular weight excluding hydrogens is 419 g/mol. The molecule has 2 heterocycles. The largest absolute Gasteiger partial charge is 0.478 e. The Labute approximate surface area is 180 Å². The highest BCUT2D eigenvalue weighted by atomic mass is 19.1. The topological polar surface area (TPSA) is 117 Å². The van der Waals surface area contributed by atoms with Gasteiger partial charge in [0.15, 0.2) is 0 Å². The number of carboxylic acids is 1. The van der Waals surface area contributed by atoms with Gasteiger partial charge in [-0.1, -0.05) is 24.3 Å². The van der Waals surface area contributed by atoms with E-state index in [9.17, 15) is 28.7 Å². The second-order valence-electron chi connectivity index (χ2n) is 6.95. The monoisotopic (exact) mass is 434 g/mol. The summed E-state index contributed by atoms with van der Waals surface area (Å²) in [5.41, 5.74) is 0.454. The first-order valence-electron chi connectivity index (χ1n) is 9.36. The summed E-state index contributed by atoms with van der Waals surface area (Å²) in [6.45, 7) is 1.67. The van der Waals surface area contributed by atoms with Crippen LogP contribution >= 0.6 is 0 Å². The Hall–Kier alpha value is -4.53. The number of nitrogens with one attached hydrogen (secondary N) is 1. The molecule has 0 aliphatic carbocycles. The molecule has 160 valence electrons. The molecule has 3 aromatic rings. The molecule has 32 heavy (non-hydrogen) atoms. The van der Waals surface area contributed by atoms with E-state index in [1.54, 1.807) is 25.1 Å². The number of rotatable bonds is 4. The van der Waals surface area contributed by atoms with Crippen molar-refractivity contribution in [2.75, 3.05) is 4.90 Å². The zero-order valence-electron chi connectivity index (χ0n) is 16.6. The first kappa shape index (κ1) is 20.7. The van der Waals surface area contributed by atoms with Crippen molar-refractivity contribution in [1.82, 2.24) is 5.32 Å². The predicted octanol–water partition coefficient (Wildman–Crippen LogP) is 3.76. The second-order valence-corrected chi connectivity index (χ2v) is 6.95. The molecule has 0 atom stereocenters. The molecule has 0 unspecified atom stereocenters. The van der Waals surface area contributed by atoms with E-state index in [4.69, 9.17) is 4.42 Å². The van der Waals surface area contributed by atoms with Gasteiger partial charge in [-0.3, -0.25) is 14.9 Å². The summed E-state index contributed by atoms with van der Waals surface area (Å²) in [7, 11) is 0. The van der Waals surface area contributed by atoms with Crippen molar-refractivity contribution in [2.45, 2.75) is 6.92 Å². The Bertz CT molecular complexity index is 1320. The first-order chi connectivity index (χ1) is 15.3. The van der Waals surface area contributed by atoms with E-state index in [1.807, 2.05) is 5.32 Å². The van der Waals surface area contributed by atoms with Crippen LogP contribution in [0.1, 0.15) is 21.7 Å². The van der Waals surface area contributed by atoms with Crippen LogP contribution in [-0.2, 0) is 9.59 Å². The predicted molar refractivity (Wildman–Crippen MR) is 111 cm³/mol. The van der Waals surface area contributed by atoms with Crippen molar-refractivity contribution in [3.63, 3.8) is 0 Å². The lowest BCUT2D eigenvalue weighted by molar-refractivity contribution is -0.122. The molecule has 1 aromatic heterocycles. The molecule has 0 bridgehead atoms. The molecule has 0 radical (unpaired) electrons. The zero-order chi connectivity index (χ0) is 23.0. The molecular formula is C23H15FN2O6. The summed E-state index contributed by atoms with van der Waals surface area (Å²) in [6, 6.07) is 11.9. The summed E-state index contributed by atoms with van der Waals surface area (Å²) in [5, 5.41) is 11.3. The Morgan fingerprint density at radius 1 is 1.09 bits per heavy atom. The fourth-order valence-electron chi connectivity index (χ4n) is 3.24. The minimum atomic E-state index is -1.08. The van der Waals surface area contributed by atoms with Crippen molar-refractivity contribution in [2.24, 2.45) is 0 Å². The number of halogens is 1. The summed E-state index contributed by atoms with van der Waals surface area (Å²) >= 11 is 0. The Morgan fingerprint density at radius 2 is 1.84 bits per heavy atom. The van der Waals surface area contributed by atoms with Gasteiger partial charge < -0.3 is 9.52 Å². The van der Waals surface area contributed by atoms with Gasteiger partial charge in [-0.05, 0) is 48.9 Å². The quantitative estimate of drug-likeness (QED) is 0.477. The van der Waals surface area contributed by atoms with Gasteiger partial charge in [0.2, 0.25) is 0 Å². The van der Waals surface area contributed by atoms with Crippen LogP contribution in [0.15, 0.2) is 64.6 Å². The number of carbonyl (C=O) groups is 4. The van der Waals surface area contributed by atoms with Gasteiger partial charge >= 0.3 is 12.0 Å². The first-order valence-corrected chi connectivity index (χ1v) is 9.36. The van der Waals surface area contributed by atoms with E-state index >= 15 is 0 Å². The molecule has 4 rings (SSSR count). The van der Waals surface area contributed by atoms with Crippen molar-refractivity contribution < 1.29 is 33.1 Å². The number of nitrogens with zero attached hydrogens (tertiary/aromatic N) is 1. The average molecular weight is 434 g/mol. The average Bonchev–Trinajstić information content (AvgIpc) is 3.21. The highest BCUT2D eigenvalue weighted by Crippen LogP contribution is 2.28. The van der Waals surface area contributed by atoms with Crippen LogP contribution in [0.2, 0.25) is 0 Å². The minimum Gasteiger partial charge on any atom is -0.478 e. The lowest BCUT2D eigenvalue weighted by Gasteiger charge is -2.26. The summed E-state index contributed by atoms with van der Waals surface area (Å²) in [4.78, 5) is 49.2. The second kappa shape index (κ2) is 7.95. The van der Waals surface area contributed by atoms with Gasteiger partial charge in [-0.15, -0.1) is 0 Å². The van der Waals surface area contributed by atoms with Gasteiger partial charge in [-0.2, -0.15) is 0 Å². The third-order valence-corrected chi connectivity index (χ3v) is 4.86. The number of barbiturate groups is 1. The van der Waals surface area contributed by atoms with E-state index in [-0.39, 0.29) is 17.0 Å². The number of urea groups is 1. The third-order valence-electron chi connectivity index (χ3n) is 4.86. The lowest BCUT2D eigenvalue weighted by Crippen LogP contribution is -2.54. The van der Waals surface area contributed by atoms with Gasteiger partial charge in [0, 0.05) is 5.56 Å². The maximum absolute atomic E-state index is 14.1. The highest BCUT2D eigenvalue weighted by molar-refractivity contribution is 6.39. The number of hydrogen-bond acceptors (Lipinski definition) is 5. The summed E-state index contributed by atoms with van der Waals surface area (Å²) < 4.78 is 19.8. The van der Waals surface area contributed by atoms with Crippen molar-refractivity contribution in [3.05, 3.63) is 82.9 Å². The molecule has 8 nitrogen and oxygen atoms in total. The van der Waals surface area contributed by atoms with Crippen LogP contribution < -0.4 is 10.2 Å². The number of imide groups is 2. The molecule has 0 saturated carbocycles. The van der Waals surface area contributed by atoms with Gasteiger partial charge in [0.05, 0.1) is 11.3 Å². The van der Waals surface area contributed by atoms with Crippen LogP contribution in [-0.4, -0.2) is 28.9 Å². The molecule has 2 aromatic carbocycles. The molecule has 0 spiro atoms. The van der Waals surface area contributed by atoms with E-state index < -0.39 is 35.2 Å². The normalized spacial score (nSPS) is 15.2. The standard InChI is InChI=1S/C23H15FN2O6/c1-12-6-7-13(10-15(12)22(29)30)19-9-8-14(32-19)11-16-20(27)25-23(31)26(21(16)28)18-5-3-2-4-17(18)24/h2-11H,1H3,(H,29,30)(H,25,27,31)/b16-11+. The highest BCUT2D eigenvalue weighted by Gasteiger charge is 2.38. The Balaban J connectivity index is 1.69. The molecule has 9 heteroatoms. The molecule has 1 fully saturated rings. The summed E-state index contributed by atoms with van der Waals surface area (Å²) in [5.74, 6) is -3.43. The van der Waals surface area contributed by atoms with Gasteiger partial charge in [0.1, 0.15) is 22.9 Å². The van der Waals surface area contributed by atoms with E-state index in [1.165, 1.54) is 30.3 Å². The zero-order valence-corrected chi connectivity index (χ0v) is 16.6. The lowest BCUT2D eigenvalue weighted by atomic mass is 10.0. The number of aryl methyl sites for hydroxylation is 1. The smallest absolute Gasteiger partial charge is 0.336 e. The number of furan rings is 1. The van der Waals surface area contributed by atoms with Crippen molar-refractivity contribution >= 4 is 35.6 Å². The maximum Gasteiger partial charge on any atom is 0.336 e. The molecule has 1 aliphatic rings. The fourth-order valence-corrected chi connectivity index (χ4v) is 3.24. The third kappa shape index (κ3) is 3.67. The number of amides is 4. The van der Waals surface area contributed by atoms with E-state index in [2.05, 4.69) is 0 Å². The number of carboxylic acid groups (broad SMARTS) is 1.